The number of nitrogens with one attached hydrogen (secondary N) is 3. The van der Waals surface area contributed by atoms with Crippen LogP contribution in [0.5, 0.6) is 0 Å². The molecule has 3 N–H and O–H groups in total. The minimum atomic E-state index is -1.03. The first-order chi connectivity index (χ1) is 21.9. The molecule has 12 nitrogen and oxygen atoms in total. The summed E-state index contributed by atoms with van der Waals surface area (Å²) in [6, 6.07) is 17.2. The maximum Gasteiger partial charge on any atom is 0.262 e. The number of carbonyl (C=O) groups excluding carboxylic acids is 5. The van der Waals surface area contributed by atoms with Crippen LogP contribution in [0.3, 0.4) is 0 Å². The summed E-state index contributed by atoms with van der Waals surface area (Å²) in [5.41, 5.74) is 2.73. The lowest BCUT2D eigenvalue weighted by molar-refractivity contribution is -0.136. The molecule has 0 spiro atoms. The summed E-state index contributed by atoms with van der Waals surface area (Å²) in [7, 11) is 0. The van der Waals surface area contributed by atoms with Crippen molar-refractivity contribution in [3.63, 3.8) is 0 Å². The number of rotatable bonds is 12. The van der Waals surface area contributed by atoms with Crippen molar-refractivity contribution in [3.8, 4) is 0 Å². The Morgan fingerprint density at radius 2 is 1.91 bits per heavy atom. The van der Waals surface area contributed by atoms with Gasteiger partial charge in [-0.3, -0.25) is 39.2 Å². The second kappa shape index (κ2) is 13.2. The maximum absolute atomic E-state index is 13.2. The molecule has 12 heteroatoms. The summed E-state index contributed by atoms with van der Waals surface area (Å²) in [5, 5.41) is 9.39. The number of pyridine rings is 1. The van der Waals surface area contributed by atoms with Crippen molar-refractivity contribution in [2.24, 2.45) is 0 Å². The molecule has 4 aromatic rings. The zero-order valence-electron chi connectivity index (χ0n) is 24.3. The molecule has 5 amide bonds. The van der Waals surface area contributed by atoms with Gasteiger partial charge >= 0.3 is 0 Å². The van der Waals surface area contributed by atoms with Crippen molar-refractivity contribution >= 4 is 40.5 Å². The summed E-state index contributed by atoms with van der Waals surface area (Å²) < 4.78 is 11.7. The van der Waals surface area contributed by atoms with Crippen molar-refractivity contribution in [1.29, 1.82) is 0 Å². The molecule has 2 atom stereocenters. The smallest absolute Gasteiger partial charge is 0.262 e. The van der Waals surface area contributed by atoms with E-state index >= 15 is 0 Å². The van der Waals surface area contributed by atoms with Crippen LogP contribution in [0.15, 0.2) is 77.5 Å². The summed E-state index contributed by atoms with van der Waals surface area (Å²) in [5.74, 6) is -1.81. The molecular weight excluding hydrogens is 578 g/mol. The molecule has 0 aliphatic carbocycles. The SMILES string of the molecule is O=C(COCCNC(c1cccnc1)c1cc2ccccc2o1)NCCc1cccc2c1C(=O)N(C1CCC(=O)NC1=O)C2=O. The van der Waals surface area contributed by atoms with Gasteiger partial charge in [-0.1, -0.05) is 36.4 Å². The Bertz CT molecular complexity index is 1740. The molecule has 2 aliphatic heterocycles. The van der Waals surface area contributed by atoms with Crippen molar-refractivity contribution in [2.75, 3.05) is 26.3 Å². The molecule has 4 heterocycles. The highest BCUT2D eigenvalue weighted by atomic mass is 16.5. The van der Waals surface area contributed by atoms with E-state index < -0.39 is 29.7 Å². The van der Waals surface area contributed by atoms with Gasteiger partial charge in [-0.05, 0) is 48.2 Å². The highest BCUT2D eigenvalue weighted by molar-refractivity contribution is 6.24. The largest absolute Gasteiger partial charge is 0.459 e. The van der Waals surface area contributed by atoms with Crippen LogP contribution in [0, 0.1) is 0 Å². The van der Waals surface area contributed by atoms with Gasteiger partial charge in [0.05, 0.1) is 23.8 Å². The standard InChI is InChI=1S/C33H31N5O7/c39-27-11-10-24(31(41)37-27)38-32(42)23-8-3-6-20(29(23)33(38)43)12-14-35-28(40)19-44-16-15-36-30(22-7-4-13-34-18-22)26-17-21-5-1-2-9-25(21)45-26/h1-9,13,17-18,24,30,36H,10-12,14-16,19H2,(H,35,40)(H,37,39,41). The monoisotopic (exact) mass is 609 g/mol. The summed E-state index contributed by atoms with van der Waals surface area (Å²) in [6.07, 6.45) is 3.91. The van der Waals surface area contributed by atoms with E-state index in [0.717, 1.165) is 27.2 Å². The quantitative estimate of drug-likeness (QED) is 0.162. The Balaban J connectivity index is 0.982. The Kier molecular flexibility index (Phi) is 8.76. The maximum atomic E-state index is 13.2. The van der Waals surface area contributed by atoms with E-state index in [1.165, 1.54) is 0 Å². The van der Waals surface area contributed by atoms with E-state index in [0.29, 0.717) is 18.5 Å². The number of nitrogens with zero attached hydrogens (tertiary/aromatic N) is 2. The van der Waals surface area contributed by atoms with Crippen LogP contribution in [0.1, 0.15) is 56.5 Å². The average Bonchev–Trinajstić information content (AvgIpc) is 3.58. The Morgan fingerprint density at radius 1 is 1.04 bits per heavy atom. The lowest BCUT2D eigenvalue weighted by Crippen LogP contribution is -2.54. The van der Waals surface area contributed by atoms with E-state index in [9.17, 15) is 24.0 Å². The third kappa shape index (κ3) is 6.37. The second-order valence-corrected chi connectivity index (χ2v) is 10.8. The first-order valence-corrected chi connectivity index (χ1v) is 14.7. The van der Waals surface area contributed by atoms with Crippen LogP contribution in [0.2, 0.25) is 0 Å². The number of amides is 5. The summed E-state index contributed by atoms with van der Waals surface area (Å²) in [6.45, 7) is 0.770. The average molecular weight is 610 g/mol. The third-order valence-corrected chi connectivity index (χ3v) is 7.85. The van der Waals surface area contributed by atoms with Crippen LogP contribution in [-0.2, 0) is 25.5 Å². The number of carbonyl (C=O) groups is 5. The van der Waals surface area contributed by atoms with Gasteiger partial charge in [0.15, 0.2) is 0 Å². The topological polar surface area (TPSA) is 160 Å². The number of hydrogen-bond acceptors (Lipinski definition) is 9. The molecule has 0 radical (unpaired) electrons. The first-order valence-electron chi connectivity index (χ1n) is 14.7. The Labute approximate surface area is 258 Å². The number of hydrogen-bond donors (Lipinski definition) is 3. The number of benzene rings is 2. The number of imide groups is 2. The van der Waals surface area contributed by atoms with Crippen molar-refractivity contribution < 1.29 is 33.1 Å². The van der Waals surface area contributed by atoms with Gasteiger partial charge in [0.25, 0.3) is 11.8 Å². The molecule has 230 valence electrons. The number of furan rings is 1. The predicted molar refractivity (Wildman–Crippen MR) is 161 cm³/mol. The van der Waals surface area contributed by atoms with Crippen LogP contribution in [0.25, 0.3) is 11.0 Å². The molecule has 2 unspecified atom stereocenters. The van der Waals surface area contributed by atoms with Crippen LogP contribution < -0.4 is 16.0 Å². The fourth-order valence-electron chi connectivity index (χ4n) is 5.70. The molecule has 1 saturated heterocycles. The molecule has 2 aromatic heterocycles. The molecule has 0 bridgehead atoms. The van der Waals surface area contributed by atoms with Crippen molar-refractivity contribution in [3.05, 3.63) is 101 Å². The molecule has 0 saturated carbocycles. The zero-order chi connectivity index (χ0) is 31.3. The molecular formula is C33H31N5O7. The molecule has 6 rings (SSSR count). The number of piperidine rings is 1. The molecule has 2 aliphatic rings. The minimum Gasteiger partial charge on any atom is -0.459 e. The van der Waals surface area contributed by atoms with E-state index in [1.54, 1.807) is 30.6 Å². The van der Waals surface area contributed by atoms with Gasteiger partial charge in [-0.25, -0.2) is 0 Å². The normalized spacial score (nSPS) is 17.0. The lowest BCUT2D eigenvalue weighted by Gasteiger charge is -2.27. The van der Waals surface area contributed by atoms with Gasteiger partial charge in [-0.15, -0.1) is 0 Å². The molecule has 2 aromatic carbocycles. The number of ether oxygens (including phenoxy) is 1. The lowest BCUT2D eigenvalue weighted by atomic mass is 10.0. The van der Waals surface area contributed by atoms with Crippen molar-refractivity contribution in [1.82, 2.24) is 25.8 Å². The first kappa shape index (κ1) is 29.9. The Hall–Kier alpha value is -5.20. The van der Waals surface area contributed by atoms with Gasteiger partial charge in [0.2, 0.25) is 17.7 Å². The van der Waals surface area contributed by atoms with Gasteiger partial charge in [-0.2, -0.15) is 0 Å². The summed E-state index contributed by atoms with van der Waals surface area (Å²) >= 11 is 0. The fraction of sp³-hybridized carbons (Fsp3) is 0.273. The van der Waals surface area contributed by atoms with Crippen molar-refractivity contribution in [2.45, 2.75) is 31.3 Å². The van der Waals surface area contributed by atoms with E-state index in [4.69, 9.17) is 9.15 Å². The number of aromatic nitrogens is 1. The van der Waals surface area contributed by atoms with E-state index in [-0.39, 0.29) is 55.7 Å². The van der Waals surface area contributed by atoms with E-state index in [1.807, 2.05) is 42.5 Å². The van der Waals surface area contributed by atoms with Crippen LogP contribution >= 0.6 is 0 Å². The molecule has 45 heavy (non-hydrogen) atoms. The fourth-order valence-corrected chi connectivity index (χ4v) is 5.70. The minimum absolute atomic E-state index is 0.0488. The highest BCUT2D eigenvalue weighted by Gasteiger charge is 2.45. The van der Waals surface area contributed by atoms with Gasteiger partial charge < -0.3 is 19.8 Å². The van der Waals surface area contributed by atoms with Crippen LogP contribution in [-0.4, -0.2) is 71.8 Å². The van der Waals surface area contributed by atoms with Crippen LogP contribution in [0.4, 0.5) is 0 Å². The summed E-state index contributed by atoms with van der Waals surface area (Å²) in [4.78, 5) is 67.8. The Morgan fingerprint density at radius 3 is 2.71 bits per heavy atom. The number of fused-ring (bicyclic) bond motifs is 2. The number of para-hydroxylation sites is 1. The second-order valence-electron chi connectivity index (χ2n) is 10.8. The third-order valence-electron chi connectivity index (χ3n) is 7.85. The molecule has 1 fully saturated rings. The zero-order valence-corrected chi connectivity index (χ0v) is 24.3. The predicted octanol–water partition coefficient (Wildman–Crippen LogP) is 2.28. The van der Waals surface area contributed by atoms with Gasteiger partial charge in [0.1, 0.15) is 24.0 Å². The van der Waals surface area contributed by atoms with Gasteiger partial charge in [0, 0.05) is 37.3 Å². The van der Waals surface area contributed by atoms with E-state index in [2.05, 4.69) is 20.9 Å². The highest BCUT2D eigenvalue weighted by Crippen LogP contribution is 2.30.